The van der Waals surface area contributed by atoms with Crippen molar-refractivity contribution in [3.63, 3.8) is 0 Å². The van der Waals surface area contributed by atoms with Crippen molar-refractivity contribution in [1.29, 1.82) is 0 Å². The summed E-state index contributed by atoms with van der Waals surface area (Å²) in [4.78, 5) is 16.9. The molecule has 0 bridgehead atoms. The zero-order chi connectivity index (χ0) is 20.1. The molecule has 3 heterocycles. The third-order valence-corrected chi connectivity index (χ3v) is 6.10. The fraction of sp³-hybridized carbons (Fsp3) is 0.200. The molecule has 7 nitrogen and oxygen atoms in total. The quantitative estimate of drug-likeness (QED) is 0.423. The van der Waals surface area contributed by atoms with E-state index >= 15 is 0 Å². The van der Waals surface area contributed by atoms with Gasteiger partial charge in [-0.05, 0) is 24.1 Å². The van der Waals surface area contributed by atoms with Crippen molar-refractivity contribution in [2.45, 2.75) is 25.0 Å². The third kappa shape index (κ3) is 4.75. The lowest BCUT2D eigenvalue weighted by Gasteiger charge is -2.10. The van der Waals surface area contributed by atoms with E-state index in [1.165, 1.54) is 23.1 Å². The minimum atomic E-state index is -0.136. The number of hydrogen-bond acceptors (Lipinski definition) is 7. The molecular weight excluding hydrogens is 406 g/mol. The highest BCUT2D eigenvalue weighted by Gasteiger charge is 2.16. The van der Waals surface area contributed by atoms with Crippen molar-refractivity contribution in [2.24, 2.45) is 0 Å². The maximum Gasteiger partial charge on any atom is 0.236 e. The van der Waals surface area contributed by atoms with Crippen molar-refractivity contribution in [3.05, 3.63) is 65.7 Å². The van der Waals surface area contributed by atoms with Gasteiger partial charge < -0.3 is 8.98 Å². The second-order valence-corrected chi connectivity index (χ2v) is 8.15. The van der Waals surface area contributed by atoms with Gasteiger partial charge in [0.1, 0.15) is 10.8 Å². The van der Waals surface area contributed by atoms with E-state index in [4.69, 9.17) is 4.42 Å². The van der Waals surface area contributed by atoms with Gasteiger partial charge in [-0.25, -0.2) is 4.98 Å². The number of carbonyl (C=O) groups is 1. The van der Waals surface area contributed by atoms with Crippen LogP contribution in [0.1, 0.15) is 17.7 Å². The average molecular weight is 426 g/mol. The molecule has 0 spiro atoms. The number of benzene rings is 1. The Morgan fingerprint density at radius 2 is 2.07 bits per heavy atom. The first-order valence-corrected chi connectivity index (χ1v) is 10.9. The van der Waals surface area contributed by atoms with Crippen LogP contribution >= 0.6 is 23.1 Å². The zero-order valence-corrected chi connectivity index (χ0v) is 17.4. The Kier molecular flexibility index (Phi) is 6.06. The summed E-state index contributed by atoms with van der Waals surface area (Å²) in [7, 11) is 0. The lowest BCUT2D eigenvalue weighted by atomic mass is 10.2. The molecule has 0 saturated carbocycles. The largest absolute Gasteiger partial charge is 0.467 e. The highest BCUT2D eigenvalue weighted by Crippen LogP contribution is 2.27. The molecule has 4 aromatic rings. The summed E-state index contributed by atoms with van der Waals surface area (Å²) < 4.78 is 7.58. The number of aromatic nitrogens is 4. The van der Waals surface area contributed by atoms with Gasteiger partial charge in [0, 0.05) is 0 Å². The van der Waals surface area contributed by atoms with E-state index in [0.29, 0.717) is 11.7 Å². The number of amides is 1. The summed E-state index contributed by atoms with van der Waals surface area (Å²) in [5, 5.41) is 13.0. The molecule has 4 rings (SSSR count). The molecule has 0 radical (unpaired) electrons. The van der Waals surface area contributed by atoms with Crippen LogP contribution in [0.25, 0.3) is 11.3 Å². The van der Waals surface area contributed by atoms with E-state index < -0.39 is 0 Å². The lowest BCUT2D eigenvalue weighted by molar-refractivity contribution is -0.113. The second-order valence-electron chi connectivity index (χ2n) is 6.15. The molecule has 3 aromatic heterocycles. The number of furan rings is 1. The number of nitrogens with zero attached hydrogens (tertiary/aromatic N) is 4. The van der Waals surface area contributed by atoms with Crippen LogP contribution in [-0.2, 0) is 17.8 Å². The van der Waals surface area contributed by atoms with Crippen LogP contribution in [-0.4, -0.2) is 31.4 Å². The minimum absolute atomic E-state index is 0.136. The molecule has 0 unspecified atom stereocenters. The predicted molar refractivity (Wildman–Crippen MR) is 114 cm³/mol. The SMILES string of the molecule is CCc1nnc(NC(=O)CSc2ncc(-c3ccccc3)n2Cc2ccco2)s1. The van der Waals surface area contributed by atoms with Crippen LogP contribution in [0, 0.1) is 0 Å². The summed E-state index contributed by atoms with van der Waals surface area (Å²) >= 11 is 2.77. The summed E-state index contributed by atoms with van der Waals surface area (Å²) in [5.74, 6) is 0.916. The van der Waals surface area contributed by atoms with Crippen molar-refractivity contribution in [3.8, 4) is 11.3 Å². The van der Waals surface area contributed by atoms with Gasteiger partial charge in [0.15, 0.2) is 5.16 Å². The van der Waals surface area contributed by atoms with Gasteiger partial charge >= 0.3 is 0 Å². The Labute approximate surface area is 176 Å². The van der Waals surface area contributed by atoms with Gasteiger partial charge in [-0.3, -0.25) is 10.1 Å². The highest BCUT2D eigenvalue weighted by atomic mass is 32.2. The molecule has 0 saturated heterocycles. The van der Waals surface area contributed by atoms with E-state index in [1.54, 1.807) is 6.26 Å². The summed E-state index contributed by atoms with van der Waals surface area (Å²) in [6.45, 7) is 2.54. The maximum atomic E-state index is 12.3. The molecule has 0 aliphatic heterocycles. The van der Waals surface area contributed by atoms with Crippen LogP contribution in [0.15, 0.2) is 64.5 Å². The fourth-order valence-electron chi connectivity index (χ4n) is 2.76. The first-order chi connectivity index (χ1) is 14.2. The van der Waals surface area contributed by atoms with Crippen molar-refractivity contribution in [2.75, 3.05) is 11.1 Å². The minimum Gasteiger partial charge on any atom is -0.467 e. The molecular formula is C20H19N5O2S2. The monoisotopic (exact) mass is 425 g/mol. The van der Waals surface area contributed by atoms with Crippen molar-refractivity contribution >= 4 is 34.1 Å². The van der Waals surface area contributed by atoms with Crippen molar-refractivity contribution in [1.82, 2.24) is 19.7 Å². The van der Waals surface area contributed by atoms with E-state index in [-0.39, 0.29) is 11.7 Å². The van der Waals surface area contributed by atoms with Crippen LogP contribution in [0.2, 0.25) is 0 Å². The number of nitrogens with one attached hydrogen (secondary N) is 1. The molecule has 1 N–H and O–H groups in total. The van der Waals surface area contributed by atoms with Gasteiger partial charge in [0.2, 0.25) is 11.0 Å². The molecule has 148 valence electrons. The number of aryl methyl sites for hydroxylation is 1. The molecule has 0 aliphatic carbocycles. The third-order valence-electron chi connectivity index (χ3n) is 4.13. The van der Waals surface area contributed by atoms with Crippen LogP contribution in [0.4, 0.5) is 5.13 Å². The number of hydrogen-bond donors (Lipinski definition) is 1. The highest BCUT2D eigenvalue weighted by molar-refractivity contribution is 7.99. The summed E-state index contributed by atoms with van der Waals surface area (Å²) in [5.41, 5.74) is 2.03. The topological polar surface area (TPSA) is 85.8 Å². The Balaban J connectivity index is 1.50. The fourth-order valence-corrected chi connectivity index (χ4v) is 4.23. The normalized spacial score (nSPS) is 10.9. The Morgan fingerprint density at radius 3 is 2.79 bits per heavy atom. The van der Waals surface area contributed by atoms with Crippen molar-refractivity contribution < 1.29 is 9.21 Å². The van der Waals surface area contributed by atoms with Crippen LogP contribution < -0.4 is 5.32 Å². The van der Waals surface area contributed by atoms with Gasteiger partial charge in [-0.15, -0.1) is 10.2 Å². The average Bonchev–Trinajstić information content (AvgIpc) is 3.49. The standard InChI is InChI=1S/C20H19N5O2S2/c1-2-18-23-24-19(29-18)22-17(26)13-28-20-21-11-16(14-7-4-3-5-8-14)25(20)12-15-9-6-10-27-15/h3-11H,2,12-13H2,1H3,(H,22,24,26). The van der Waals surface area contributed by atoms with E-state index in [1.807, 2.05) is 55.6 Å². The first kappa shape index (κ1) is 19.4. The molecule has 1 amide bonds. The van der Waals surface area contributed by atoms with Gasteiger partial charge in [-0.1, -0.05) is 60.4 Å². The molecule has 29 heavy (non-hydrogen) atoms. The molecule has 0 fully saturated rings. The maximum absolute atomic E-state index is 12.3. The number of carbonyl (C=O) groups excluding carboxylic acids is 1. The smallest absolute Gasteiger partial charge is 0.236 e. The number of imidazole rings is 1. The van der Waals surface area contributed by atoms with E-state index in [2.05, 4.69) is 25.1 Å². The molecule has 1 aromatic carbocycles. The number of rotatable bonds is 8. The van der Waals surface area contributed by atoms with Crippen LogP contribution in [0.3, 0.4) is 0 Å². The molecule has 0 aliphatic rings. The summed E-state index contributed by atoms with van der Waals surface area (Å²) in [6.07, 6.45) is 4.28. The summed E-state index contributed by atoms with van der Waals surface area (Å²) in [6, 6.07) is 13.8. The Morgan fingerprint density at radius 1 is 1.21 bits per heavy atom. The Hall–Kier alpha value is -2.91. The lowest BCUT2D eigenvalue weighted by Crippen LogP contribution is -2.14. The molecule has 9 heteroatoms. The van der Waals surface area contributed by atoms with Crippen LogP contribution in [0.5, 0.6) is 0 Å². The first-order valence-electron chi connectivity index (χ1n) is 9.11. The van der Waals surface area contributed by atoms with Gasteiger partial charge in [-0.2, -0.15) is 0 Å². The van der Waals surface area contributed by atoms with Gasteiger partial charge in [0.05, 0.1) is 30.5 Å². The number of thioether (sulfide) groups is 1. The van der Waals surface area contributed by atoms with Gasteiger partial charge in [0.25, 0.3) is 0 Å². The zero-order valence-electron chi connectivity index (χ0n) is 15.7. The Bertz CT molecular complexity index is 1070. The number of anilines is 1. The van der Waals surface area contributed by atoms with E-state index in [9.17, 15) is 4.79 Å². The molecule has 0 atom stereocenters. The second kappa shape index (κ2) is 9.06. The predicted octanol–water partition coefficient (Wildman–Crippen LogP) is 4.34. The van der Waals surface area contributed by atoms with E-state index in [0.717, 1.165) is 33.6 Å².